The summed E-state index contributed by atoms with van der Waals surface area (Å²) >= 11 is 0. The largest absolute Gasteiger partial charge is 0.218 e. The molecule has 0 aromatic heterocycles. The van der Waals surface area contributed by atoms with Crippen LogP contribution in [0.3, 0.4) is 0 Å². The van der Waals surface area contributed by atoms with Crippen molar-refractivity contribution >= 4 is 12.6 Å². The van der Waals surface area contributed by atoms with Crippen LogP contribution in [-0.2, 0) is 0 Å². The molecule has 0 radical (unpaired) electrons. The molecule has 102 valence electrons. The number of rotatable bonds is 2. The van der Waals surface area contributed by atoms with Gasteiger partial charge in [-0.2, -0.15) is 0 Å². The van der Waals surface area contributed by atoms with Gasteiger partial charge in [0, 0.05) is 7.26 Å². The summed E-state index contributed by atoms with van der Waals surface area (Å²) in [5.41, 5.74) is 4.10. The number of hydrogen-bond donors (Lipinski definition) is 0. The highest BCUT2D eigenvalue weighted by atomic mass is 31.2. The van der Waals surface area contributed by atoms with Crippen LogP contribution in [0.2, 0.25) is 0 Å². The lowest BCUT2D eigenvalue weighted by molar-refractivity contribution is 0.965. The minimum Gasteiger partial charge on any atom is -0.218 e. The molecule has 0 nitrogen and oxygen atoms in total. The van der Waals surface area contributed by atoms with Gasteiger partial charge in [0.05, 0.1) is 19.5 Å². The number of benzene rings is 2. The van der Waals surface area contributed by atoms with Crippen LogP contribution >= 0.6 is 7.26 Å². The standard InChI is InChI=1S/C19H21P/c1-15-9-11-16(12-10-15)18-13-19(20(2,3)14-18)17-7-5-4-6-8-17/h4-12,18H,14H2,1-3H3. The fourth-order valence-electron chi connectivity index (χ4n) is 2.95. The van der Waals surface area contributed by atoms with Crippen molar-refractivity contribution in [1.29, 1.82) is 0 Å². The maximum absolute atomic E-state index is 3.80. The van der Waals surface area contributed by atoms with Gasteiger partial charge in [-0.15, -0.1) is 17.7 Å². The van der Waals surface area contributed by atoms with E-state index in [2.05, 4.69) is 80.9 Å². The Labute approximate surface area is 122 Å². The van der Waals surface area contributed by atoms with E-state index in [-0.39, 0.29) is 0 Å². The van der Waals surface area contributed by atoms with Crippen molar-refractivity contribution in [2.24, 2.45) is 0 Å². The molecule has 1 heteroatoms. The Morgan fingerprint density at radius 3 is 2.25 bits per heavy atom. The van der Waals surface area contributed by atoms with Gasteiger partial charge in [-0.1, -0.05) is 58.9 Å². The number of aryl methyl sites for hydroxylation is 1. The lowest BCUT2D eigenvalue weighted by atomic mass is 9.99. The van der Waals surface area contributed by atoms with Crippen molar-refractivity contribution in [2.75, 3.05) is 19.5 Å². The monoisotopic (exact) mass is 280 g/mol. The molecule has 2 aromatic carbocycles. The van der Waals surface area contributed by atoms with E-state index < -0.39 is 7.26 Å². The van der Waals surface area contributed by atoms with Crippen molar-refractivity contribution < 1.29 is 0 Å². The highest BCUT2D eigenvalue weighted by Gasteiger charge is 2.34. The van der Waals surface area contributed by atoms with Crippen LogP contribution in [0.1, 0.15) is 22.6 Å². The SMILES string of the molecule is Cc1ccc(C2[C-]=C(c3ccccc3)[P+](C)(C)C2)cc1. The molecule has 0 N–H and O–H groups in total. The number of allylic oxidation sites excluding steroid dienone is 1. The minimum absolute atomic E-state index is 0.467. The smallest absolute Gasteiger partial charge is 0.0549 e. The van der Waals surface area contributed by atoms with Gasteiger partial charge in [0.2, 0.25) is 0 Å². The second-order valence-electron chi connectivity index (χ2n) is 6.19. The summed E-state index contributed by atoms with van der Waals surface area (Å²) in [7, 11) is -1.05. The maximum Gasteiger partial charge on any atom is 0.0549 e. The van der Waals surface area contributed by atoms with Crippen molar-refractivity contribution in [1.82, 2.24) is 0 Å². The van der Waals surface area contributed by atoms with E-state index in [4.69, 9.17) is 0 Å². The summed E-state index contributed by atoms with van der Waals surface area (Å²) in [5, 5.41) is 1.48. The maximum atomic E-state index is 3.80. The molecule has 2 aromatic rings. The van der Waals surface area contributed by atoms with Crippen LogP contribution in [0.4, 0.5) is 0 Å². The molecule has 0 saturated heterocycles. The molecule has 0 fully saturated rings. The zero-order valence-corrected chi connectivity index (χ0v) is 13.3. The van der Waals surface area contributed by atoms with Gasteiger partial charge in [-0.05, 0) is 12.8 Å². The third-order valence-electron chi connectivity index (χ3n) is 4.08. The van der Waals surface area contributed by atoms with Crippen molar-refractivity contribution in [3.05, 3.63) is 77.4 Å². The normalized spacial score (nSPS) is 20.8. The van der Waals surface area contributed by atoms with Gasteiger partial charge >= 0.3 is 0 Å². The quantitative estimate of drug-likeness (QED) is 0.523. The Bertz CT molecular complexity index is 621. The molecule has 0 aliphatic carbocycles. The van der Waals surface area contributed by atoms with Crippen LogP contribution in [0.5, 0.6) is 0 Å². The molecule has 20 heavy (non-hydrogen) atoms. The van der Waals surface area contributed by atoms with Crippen molar-refractivity contribution in [3.8, 4) is 0 Å². The average molecular weight is 280 g/mol. The molecule has 0 bridgehead atoms. The first kappa shape index (κ1) is 13.6. The van der Waals surface area contributed by atoms with E-state index in [0.717, 1.165) is 0 Å². The molecule has 1 aliphatic rings. The van der Waals surface area contributed by atoms with Crippen LogP contribution < -0.4 is 0 Å². The summed E-state index contributed by atoms with van der Waals surface area (Å²) in [6.45, 7) is 7.03. The summed E-state index contributed by atoms with van der Waals surface area (Å²) < 4.78 is 0. The van der Waals surface area contributed by atoms with E-state index in [1.165, 1.54) is 28.2 Å². The highest BCUT2D eigenvalue weighted by molar-refractivity contribution is 7.84. The average Bonchev–Trinajstić information content (AvgIpc) is 2.76. The molecule has 1 atom stereocenters. The lowest BCUT2D eigenvalue weighted by Gasteiger charge is -2.23. The Hall–Kier alpha value is -1.39. The van der Waals surface area contributed by atoms with Crippen LogP contribution in [0.15, 0.2) is 54.6 Å². The first-order valence-corrected chi connectivity index (χ1v) is 10.0. The van der Waals surface area contributed by atoms with Crippen LogP contribution in [0, 0.1) is 13.0 Å². The molecule has 0 saturated carbocycles. The van der Waals surface area contributed by atoms with Gasteiger partial charge in [0.25, 0.3) is 0 Å². The molecular formula is C19H21P. The fraction of sp³-hybridized carbons (Fsp3) is 0.263. The fourth-order valence-corrected chi connectivity index (χ4v) is 5.70. The van der Waals surface area contributed by atoms with Crippen molar-refractivity contribution in [2.45, 2.75) is 12.8 Å². The minimum atomic E-state index is -1.05. The number of hydrogen-bond acceptors (Lipinski definition) is 0. The van der Waals surface area contributed by atoms with Gasteiger partial charge < -0.3 is 0 Å². The Morgan fingerprint density at radius 2 is 1.60 bits per heavy atom. The van der Waals surface area contributed by atoms with Crippen LogP contribution in [-0.4, -0.2) is 19.5 Å². The first-order chi connectivity index (χ1) is 9.56. The molecule has 1 unspecified atom stereocenters. The van der Waals surface area contributed by atoms with Gasteiger partial charge in [-0.25, -0.2) is 6.08 Å². The van der Waals surface area contributed by atoms with E-state index in [1.807, 2.05) is 0 Å². The van der Waals surface area contributed by atoms with Gasteiger partial charge in [-0.3, -0.25) is 0 Å². The van der Waals surface area contributed by atoms with Crippen LogP contribution in [0.25, 0.3) is 5.31 Å². The third kappa shape index (κ3) is 2.58. The molecule has 1 aliphatic heterocycles. The molecule has 0 spiro atoms. The second-order valence-corrected chi connectivity index (χ2v) is 10.4. The molecular weight excluding hydrogens is 259 g/mol. The molecule has 0 amide bonds. The summed E-state index contributed by atoms with van der Waals surface area (Å²) in [4.78, 5) is 0. The van der Waals surface area contributed by atoms with Crippen molar-refractivity contribution in [3.63, 3.8) is 0 Å². The summed E-state index contributed by atoms with van der Waals surface area (Å²) in [6, 6.07) is 19.7. The Balaban J connectivity index is 1.97. The van der Waals surface area contributed by atoms with Gasteiger partial charge in [0.15, 0.2) is 0 Å². The van der Waals surface area contributed by atoms with E-state index in [9.17, 15) is 0 Å². The zero-order chi connectivity index (χ0) is 14.2. The Morgan fingerprint density at radius 1 is 0.950 bits per heavy atom. The van der Waals surface area contributed by atoms with Gasteiger partial charge in [0.1, 0.15) is 0 Å². The lowest BCUT2D eigenvalue weighted by Crippen LogP contribution is -1.99. The highest BCUT2D eigenvalue weighted by Crippen LogP contribution is 2.69. The summed E-state index contributed by atoms with van der Waals surface area (Å²) in [6.07, 6.45) is 5.05. The second kappa shape index (κ2) is 5.19. The third-order valence-corrected chi connectivity index (χ3v) is 6.96. The first-order valence-electron chi connectivity index (χ1n) is 7.15. The van der Waals surface area contributed by atoms with E-state index in [0.29, 0.717) is 5.92 Å². The predicted molar refractivity (Wildman–Crippen MR) is 90.6 cm³/mol. The zero-order valence-electron chi connectivity index (χ0n) is 12.4. The molecule has 3 rings (SSSR count). The summed E-state index contributed by atoms with van der Waals surface area (Å²) in [5.74, 6) is 0.467. The predicted octanol–water partition coefficient (Wildman–Crippen LogP) is 5.21. The van der Waals surface area contributed by atoms with E-state index >= 15 is 0 Å². The Kier molecular flexibility index (Phi) is 3.52. The topological polar surface area (TPSA) is 0 Å². The van der Waals surface area contributed by atoms with E-state index in [1.54, 1.807) is 0 Å². The molecule has 1 heterocycles.